The Morgan fingerprint density at radius 2 is 1.75 bits per heavy atom. The van der Waals surface area contributed by atoms with Crippen LogP contribution in [0.4, 0.5) is 0 Å². The minimum atomic E-state index is 0.430. The Bertz CT molecular complexity index is 437. The smallest absolute Gasteiger partial charge is 0.230 e. The molecule has 2 aliphatic carbocycles. The first kappa shape index (κ1) is 14.1. The molecule has 0 saturated heterocycles. The minimum absolute atomic E-state index is 0.430. The van der Waals surface area contributed by atoms with Crippen LogP contribution < -0.4 is 5.32 Å². The zero-order valence-corrected chi connectivity index (χ0v) is 13.0. The highest BCUT2D eigenvalue weighted by Crippen LogP contribution is 2.42. The Hall–Kier alpha value is -0.900. The second-order valence-corrected chi connectivity index (χ2v) is 7.60. The van der Waals surface area contributed by atoms with Crippen molar-refractivity contribution >= 4 is 0 Å². The molecule has 1 heterocycles. The molecule has 2 aliphatic rings. The van der Waals surface area contributed by atoms with Crippen LogP contribution in [0, 0.1) is 11.3 Å². The fourth-order valence-corrected chi connectivity index (χ4v) is 3.23. The molecule has 112 valence electrons. The van der Waals surface area contributed by atoms with Crippen molar-refractivity contribution in [2.24, 2.45) is 11.3 Å². The molecule has 0 spiro atoms. The predicted octanol–water partition coefficient (Wildman–Crippen LogP) is 3.64. The van der Waals surface area contributed by atoms with Crippen molar-refractivity contribution in [2.75, 3.05) is 0 Å². The molecule has 0 aromatic carbocycles. The first-order valence-corrected chi connectivity index (χ1v) is 8.08. The molecule has 0 unspecified atom stereocenters. The van der Waals surface area contributed by atoms with E-state index in [1.807, 2.05) is 0 Å². The SMILES string of the molecule is CC(C)(C)C1CCC(c2nnc(CNC3CC3)o2)CC1. The first-order valence-electron chi connectivity index (χ1n) is 8.08. The minimum Gasteiger partial charge on any atom is -0.424 e. The Morgan fingerprint density at radius 1 is 1.05 bits per heavy atom. The van der Waals surface area contributed by atoms with Crippen LogP contribution in [0.2, 0.25) is 0 Å². The summed E-state index contributed by atoms with van der Waals surface area (Å²) in [5, 5.41) is 11.9. The van der Waals surface area contributed by atoms with E-state index in [0.29, 0.717) is 17.4 Å². The van der Waals surface area contributed by atoms with Crippen molar-refractivity contribution in [2.45, 2.75) is 77.8 Å². The van der Waals surface area contributed by atoms with Crippen LogP contribution in [0.5, 0.6) is 0 Å². The molecular formula is C16H27N3O. The monoisotopic (exact) mass is 277 g/mol. The highest BCUT2D eigenvalue weighted by molar-refractivity contribution is 4.96. The lowest BCUT2D eigenvalue weighted by molar-refractivity contribution is 0.161. The summed E-state index contributed by atoms with van der Waals surface area (Å²) in [6.07, 6.45) is 7.53. The second-order valence-electron chi connectivity index (χ2n) is 7.60. The van der Waals surface area contributed by atoms with Gasteiger partial charge >= 0.3 is 0 Å². The molecule has 20 heavy (non-hydrogen) atoms. The third kappa shape index (κ3) is 3.40. The number of rotatable bonds is 4. The van der Waals surface area contributed by atoms with Crippen LogP contribution in [-0.4, -0.2) is 16.2 Å². The molecule has 2 fully saturated rings. The molecular weight excluding hydrogens is 250 g/mol. The number of hydrogen-bond acceptors (Lipinski definition) is 4. The van der Waals surface area contributed by atoms with Gasteiger partial charge in [0.05, 0.1) is 6.54 Å². The van der Waals surface area contributed by atoms with Crippen LogP contribution in [0.3, 0.4) is 0 Å². The lowest BCUT2D eigenvalue weighted by Gasteiger charge is -2.36. The third-order valence-corrected chi connectivity index (χ3v) is 4.90. The van der Waals surface area contributed by atoms with E-state index < -0.39 is 0 Å². The summed E-state index contributed by atoms with van der Waals surface area (Å²) < 4.78 is 5.84. The Balaban J connectivity index is 1.52. The van der Waals surface area contributed by atoms with Crippen molar-refractivity contribution < 1.29 is 4.42 Å². The average molecular weight is 277 g/mol. The molecule has 3 rings (SSSR count). The van der Waals surface area contributed by atoms with Crippen molar-refractivity contribution in [1.29, 1.82) is 0 Å². The number of nitrogens with one attached hydrogen (secondary N) is 1. The topological polar surface area (TPSA) is 51.0 Å². The van der Waals surface area contributed by atoms with Crippen molar-refractivity contribution in [3.05, 3.63) is 11.8 Å². The molecule has 0 bridgehead atoms. The van der Waals surface area contributed by atoms with E-state index >= 15 is 0 Å². The van der Waals surface area contributed by atoms with Gasteiger partial charge in [-0.15, -0.1) is 10.2 Å². The van der Waals surface area contributed by atoms with Gasteiger partial charge in [0.1, 0.15) is 0 Å². The second kappa shape index (κ2) is 5.47. The van der Waals surface area contributed by atoms with E-state index in [9.17, 15) is 0 Å². The normalized spacial score (nSPS) is 27.8. The lowest BCUT2D eigenvalue weighted by Crippen LogP contribution is -2.25. The number of hydrogen-bond donors (Lipinski definition) is 1. The van der Waals surface area contributed by atoms with E-state index in [1.165, 1.54) is 38.5 Å². The van der Waals surface area contributed by atoms with Gasteiger partial charge in [-0.25, -0.2) is 0 Å². The van der Waals surface area contributed by atoms with Gasteiger partial charge in [0.15, 0.2) is 0 Å². The van der Waals surface area contributed by atoms with E-state index in [1.54, 1.807) is 0 Å². The summed E-state index contributed by atoms with van der Waals surface area (Å²) in [7, 11) is 0. The summed E-state index contributed by atoms with van der Waals surface area (Å²) in [6.45, 7) is 7.79. The summed E-state index contributed by atoms with van der Waals surface area (Å²) in [5.41, 5.74) is 0.430. The van der Waals surface area contributed by atoms with E-state index in [-0.39, 0.29) is 0 Å². The van der Waals surface area contributed by atoms with Crippen LogP contribution in [-0.2, 0) is 6.54 Å². The summed E-state index contributed by atoms with van der Waals surface area (Å²) >= 11 is 0. The first-order chi connectivity index (χ1) is 9.52. The average Bonchev–Trinajstić information content (AvgIpc) is 3.13. The van der Waals surface area contributed by atoms with Gasteiger partial charge < -0.3 is 9.73 Å². The lowest BCUT2D eigenvalue weighted by atomic mass is 9.70. The number of aromatic nitrogens is 2. The summed E-state index contributed by atoms with van der Waals surface area (Å²) in [6, 6.07) is 0.688. The molecule has 0 atom stereocenters. The van der Waals surface area contributed by atoms with Gasteiger partial charge in [-0.1, -0.05) is 20.8 Å². The third-order valence-electron chi connectivity index (χ3n) is 4.90. The van der Waals surface area contributed by atoms with Crippen LogP contribution in [0.15, 0.2) is 4.42 Å². The van der Waals surface area contributed by atoms with E-state index in [0.717, 1.165) is 24.2 Å². The maximum atomic E-state index is 5.84. The fraction of sp³-hybridized carbons (Fsp3) is 0.875. The van der Waals surface area contributed by atoms with Gasteiger partial charge in [0, 0.05) is 12.0 Å². The maximum Gasteiger partial charge on any atom is 0.230 e. The van der Waals surface area contributed by atoms with Crippen molar-refractivity contribution in [1.82, 2.24) is 15.5 Å². The van der Waals surface area contributed by atoms with Gasteiger partial charge in [-0.3, -0.25) is 0 Å². The zero-order valence-electron chi connectivity index (χ0n) is 13.0. The summed E-state index contributed by atoms with van der Waals surface area (Å²) in [4.78, 5) is 0. The van der Waals surface area contributed by atoms with Gasteiger partial charge in [0.25, 0.3) is 0 Å². The van der Waals surface area contributed by atoms with Gasteiger partial charge in [0.2, 0.25) is 11.8 Å². The molecule has 2 saturated carbocycles. The summed E-state index contributed by atoms with van der Waals surface area (Å²) in [5.74, 6) is 2.93. The molecule has 0 amide bonds. The van der Waals surface area contributed by atoms with Crippen LogP contribution >= 0.6 is 0 Å². The Labute approximate surface area is 121 Å². The van der Waals surface area contributed by atoms with Gasteiger partial charge in [-0.05, 0) is 49.9 Å². The van der Waals surface area contributed by atoms with Crippen molar-refractivity contribution in [3.63, 3.8) is 0 Å². The van der Waals surface area contributed by atoms with Gasteiger partial charge in [-0.2, -0.15) is 0 Å². The zero-order chi connectivity index (χ0) is 14.2. The van der Waals surface area contributed by atoms with E-state index in [4.69, 9.17) is 4.42 Å². The molecule has 1 aromatic heterocycles. The standard InChI is InChI=1S/C16H27N3O/c1-16(2,3)12-6-4-11(5-7-12)15-19-18-14(20-15)10-17-13-8-9-13/h11-13,17H,4-10H2,1-3H3. The quantitative estimate of drug-likeness (QED) is 0.913. The highest BCUT2D eigenvalue weighted by atomic mass is 16.4. The highest BCUT2D eigenvalue weighted by Gasteiger charge is 2.32. The van der Waals surface area contributed by atoms with Crippen molar-refractivity contribution in [3.8, 4) is 0 Å². The predicted molar refractivity (Wildman–Crippen MR) is 78.3 cm³/mol. The molecule has 4 nitrogen and oxygen atoms in total. The largest absolute Gasteiger partial charge is 0.424 e. The molecule has 1 aromatic rings. The molecule has 4 heteroatoms. The fourth-order valence-electron chi connectivity index (χ4n) is 3.23. The Morgan fingerprint density at radius 3 is 2.35 bits per heavy atom. The molecule has 0 aliphatic heterocycles. The number of nitrogens with zero attached hydrogens (tertiary/aromatic N) is 2. The van der Waals surface area contributed by atoms with E-state index in [2.05, 4.69) is 36.3 Å². The Kier molecular flexibility index (Phi) is 3.85. The van der Waals surface area contributed by atoms with Crippen LogP contribution in [0.1, 0.15) is 77.0 Å². The maximum absolute atomic E-state index is 5.84. The molecule has 0 radical (unpaired) electrons. The van der Waals surface area contributed by atoms with Crippen LogP contribution in [0.25, 0.3) is 0 Å². The molecule has 1 N–H and O–H groups in total.